The molecule has 14 heavy (non-hydrogen) atoms. The van der Waals surface area contributed by atoms with Crippen molar-refractivity contribution in [3.63, 3.8) is 0 Å². The van der Waals surface area contributed by atoms with Crippen LogP contribution in [-0.2, 0) is 32.7 Å². The molecule has 0 N–H and O–H groups in total. The van der Waals surface area contributed by atoms with E-state index in [1.165, 1.54) is 0 Å². The maximum absolute atomic E-state index is 4.09. The van der Waals surface area contributed by atoms with Crippen LogP contribution in [0.25, 0.3) is 5.57 Å². The van der Waals surface area contributed by atoms with Crippen LogP contribution in [0.15, 0.2) is 18.9 Å². The molecule has 1 aliphatic heterocycles. The largest absolute Gasteiger partial charge is 0.388 e. The molecule has 1 radical (unpaired) electrons. The minimum atomic E-state index is 0. The van der Waals surface area contributed by atoms with Gasteiger partial charge in [-0.25, -0.2) is 0 Å². The fraction of sp³-hybridized carbons (Fsp3) is 0.200. The average molecular weight is 261 g/mol. The summed E-state index contributed by atoms with van der Waals surface area (Å²) >= 11 is 0. The number of fused-ring (bicyclic) bond motifs is 1. The normalized spacial score (nSPS) is 13.6. The topological polar surface area (TPSA) is 29.0 Å². The molecule has 0 fully saturated rings. The molecule has 0 saturated carbocycles. The van der Waals surface area contributed by atoms with Crippen molar-refractivity contribution in [2.75, 3.05) is 11.9 Å². The predicted octanol–water partition coefficient (Wildman–Crippen LogP) is 1.56. The third-order valence-corrected chi connectivity index (χ3v) is 2.11. The van der Waals surface area contributed by atoms with Gasteiger partial charge in [-0.1, -0.05) is 24.8 Å². The number of aromatic nitrogens is 2. The number of hydrogen-bond donors (Lipinski definition) is 0. The summed E-state index contributed by atoms with van der Waals surface area (Å²) in [5.41, 5.74) is 2.90. The van der Waals surface area contributed by atoms with E-state index in [-0.39, 0.29) is 32.7 Å². The van der Waals surface area contributed by atoms with Gasteiger partial charge in [0.25, 0.3) is 0 Å². The quantitative estimate of drug-likeness (QED) is 0.664. The van der Waals surface area contributed by atoms with E-state index >= 15 is 0 Å². The Morgan fingerprint density at radius 2 is 2.14 bits per heavy atom. The van der Waals surface area contributed by atoms with Gasteiger partial charge in [0.1, 0.15) is 0 Å². The molecule has 4 heteroatoms. The summed E-state index contributed by atoms with van der Waals surface area (Å²) in [6.07, 6.45) is 6.52. The summed E-state index contributed by atoms with van der Waals surface area (Å²) in [5, 5.41) is 0. The van der Waals surface area contributed by atoms with Crippen LogP contribution in [-0.4, -0.2) is 17.0 Å². The molecule has 0 spiro atoms. The molecule has 0 atom stereocenters. The third-order valence-electron chi connectivity index (χ3n) is 2.11. The summed E-state index contributed by atoms with van der Waals surface area (Å²) in [6, 6.07) is 0. The van der Waals surface area contributed by atoms with E-state index in [4.69, 9.17) is 0 Å². The first-order valence-corrected chi connectivity index (χ1v) is 4.05. The Hall–Kier alpha value is -0.536. The summed E-state index contributed by atoms with van der Waals surface area (Å²) in [4.78, 5) is 10.0. The number of anilines is 1. The summed E-state index contributed by atoms with van der Waals surface area (Å²) in [5.74, 6) is 0.875. The zero-order valence-electron chi connectivity index (χ0n) is 8.28. The summed E-state index contributed by atoms with van der Waals surface area (Å²) in [7, 11) is 1.95. The minimum Gasteiger partial charge on any atom is -0.388 e. The van der Waals surface area contributed by atoms with Gasteiger partial charge >= 0.3 is 0 Å². The van der Waals surface area contributed by atoms with Gasteiger partial charge in [0.05, 0.1) is 0 Å². The standard InChI is InChI=1S/C10H10N3.Y/c1-7-4-5-13(3)10-9(7)8(2)11-6-12-10;/h4-5H,1H2,2-3H3;/q-1;. The van der Waals surface area contributed by atoms with Crippen molar-refractivity contribution >= 4 is 11.4 Å². The maximum Gasteiger partial charge on any atom is 0.0289 e. The Kier molecular flexibility index (Phi) is 3.56. The van der Waals surface area contributed by atoms with Crippen LogP contribution in [0.3, 0.4) is 0 Å². The van der Waals surface area contributed by atoms with E-state index in [0.717, 1.165) is 22.6 Å². The number of hydrogen-bond acceptors (Lipinski definition) is 3. The van der Waals surface area contributed by atoms with Gasteiger partial charge in [0.2, 0.25) is 0 Å². The summed E-state index contributed by atoms with van der Waals surface area (Å²) < 4.78 is 0. The third kappa shape index (κ3) is 1.79. The molecule has 1 aromatic heterocycles. The molecule has 0 aliphatic carbocycles. The van der Waals surface area contributed by atoms with E-state index in [1.807, 2.05) is 31.1 Å². The number of nitrogens with zero attached hydrogens (tertiary/aromatic N) is 3. The van der Waals surface area contributed by atoms with Crippen LogP contribution in [0, 0.1) is 13.3 Å². The van der Waals surface area contributed by atoms with Crippen LogP contribution < -0.4 is 4.90 Å². The second-order valence-corrected chi connectivity index (χ2v) is 3.06. The minimum absolute atomic E-state index is 0. The van der Waals surface area contributed by atoms with E-state index in [2.05, 4.69) is 22.9 Å². The molecule has 0 amide bonds. The van der Waals surface area contributed by atoms with E-state index in [1.54, 1.807) is 0 Å². The zero-order chi connectivity index (χ0) is 9.42. The van der Waals surface area contributed by atoms with Gasteiger partial charge in [-0.05, 0) is 24.9 Å². The molecule has 0 aromatic carbocycles. The van der Waals surface area contributed by atoms with Gasteiger partial charge in [-0.15, -0.1) is 0 Å². The Morgan fingerprint density at radius 3 is 2.79 bits per heavy atom. The Balaban J connectivity index is 0.000000980. The zero-order valence-corrected chi connectivity index (χ0v) is 11.1. The summed E-state index contributed by atoms with van der Waals surface area (Å²) in [6.45, 7) is 5.88. The molecule has 0 saturated heterocycles. The molecule has 3 nitrogen and oxygen atoms in total. The number of rotatable bonds is 0. The Labute approximate surface area is 109 Å². The monoisotopic (exact) mass is 261 g/mol. The van der Waals surface area contributed by atoms with E-state index < -0.39 is 0 Å². The number of aryl methyl sites for hydroxylation is 1. The van der Waals surface area contributed by atoms with Crippen molar-refractivity contribution in [3.05, 3.63) is 36.4 Å². The first-order chi connectivity index (χ1) is 6.20. The van der Waals surface area contributed by atoms with Gasteiger partial charge in [-0.2, -0.15) is 0 Å². The molecular formula is C10H10N3Y-. The Bertz CT molecular complexity index is 398. The van der Waals surface area contributed by atoms with Gasteiger partial charge in [0.15, 0.2) is 0 Å². The molecule has 0 unspecified atom stereocenters. The van der Waals surface area contributed by atoms with Crippen LogP contribution in [0.1, 0.15) is 11.3 Å². The fourth-order valence-corrected chi connectivity index (χ4v) is 1.41. The van der Waals surface area contributed by atoms with Crippen LogP contribution >= 0.6 is 0 Å². The van der Waals surface area contributed by atoms with Crippen molar-refractivity contribution in [1.29, 1.82) is 0 Å². The van der Waals surface area contributed by atoms with Crippen LogP contribution in [0.4, 0.5) is 5.82 Å². The van der Waals surface area contributed by atoms with Crippen molar-refractivity contribution in [2.45, 2.75) is 6.92 Å². The molecule has 69 valence electrons. The Morgan fingerprint density at radius 1 is 1.43 bits per heavy atom. The van der Waals surface area contributed by atoms with Gasteiger partial charge in [-0.3, -0.25) is 0 Å². The molecular weight excluding hydrogens is 251 g/mol. The van der Waals surface area contributed by atoms with Gasteiger partial charge < -0.3 is 14.9 Å². The van der Waals surface area contributed by atoms with Gasteiger partial charge in [0, 0.05) is 44.9 Å². The van der Waals surface area contributed by atoms with Crippen molar-refractivity contribution in [2.24, 2.45) is 0 Å². The first kappa shape index (κ1) is 11.5. The fourth-order valence-electron chi connectivity index (χ4n) is 1.41. The predicted molar refractivity (Wildman–Crippen MR) is 52.2 cm³/mol. The van der Waals surface area contributed by atoms with Crippen molar-refractivity contribution in [1.82, 2.24) is 9.97 Å². The first-order valence-electron chi connectivity index (χ1n) is 4.05. The number of allylic oxidation sites excluding steroid dienone is 2. The smallest absolute Gasteiger partial charge is 0.0289 e. The van der Waals surface area contributed by atoms with E-state index in [9.17, 15) is 0 Å². The molecule has 1 aliphatic rings. The molecule has 2 heterocycles. The van der Waals surface area contributed by atoms with Crippen LogP contribution in [0.5, 0.6) is 0 Å². The molecule has 2 rings (SSSR count). The molecule has 0 bridgehead atoms. The van der Waals surface area contributed by atoms with Crippen molar-refractivity contribution < 1.29 is 32.7 Å². The van der Waals surface area contributed by atoms with Crippen LogP contribution in [0.2, 0.25) is 0 Å². The second-order valence-electron chi connectivity index (χ2n) is 3.06. The second kappa shape index (κ2) is 4.32. The SMILES string of the molecule is C=C1C=CN(C)c2n[c-]nc(C)c21.[Y]. The maximum atomic E-state index is 4.09. The van der Waals surface area contributed by atoms with E-state index in [0.29, 0.717) is 0 Å². The van der Waals surface area contributed by atoms with Crippen molar-refractivity contribution in [3.8, 4) is 0 Å². The average Bonchev–Trinajstić information content (AvgIpc) is 2.12. The molecule has 1 aromatic rings.